The second-order valence-electron chi connectivity index (χ2n) is 4.14. The summed E-state index contributed by atoms with van der Waals surface area (Å²) in [6, 6.07) is 0. The molecular weight excluding hydrogens is 178 g/mol. The third kappa shape index (κ3) is 4.07. The molecule has 1 fully saturated rings. The molecule has 4 heteroatoms. The molecule has 1 aliphatic rings. The molecule has 0 aliphatic carbocycles. The number of carbonyl (C=O) groups excluding carboxylic acids is 1. The number of nitrogens with one attached hydrogen (secondary N) is 2. The number of likely N-dealkylation sites (N-methyl/N-ethyl adjacent to an activating group) is 1. The summed E-state index contributed by atoms with van der Waals surface area (Å²) >= 11 is 0. The average molecular weight is 199 g/mol. The van der Waals surface area contributed by atoms with Gasteiger partial charge in [0.1, 0.15) is 0 Å². The molecule has 0 aromatic heterocycles. The summed E-state index contributed by atoms with van der Waals surface area (Å²) in [7, 11) is 4.02. The molecule has 0 spiro atoms. The van der Waals surface area contributed by atoms with E-state index in [1.807, 2.05) is 14.1 Å². The molecule has 0 aromatic carbocycles. The van der Waals surface area contributed by atoms with E-state index in [4.69, 9.17) is 0 Å². The summed E-state index contributed by atoms with van der Waals surface area (Å²) in [6.45, 7) is 3.56. The zero-order valence-electron chi connectivity index (χ0n) is 9.18. The van der Waals surface area contributed by atoms with E-state index >= 15 is 0 Å². The molecule has 1 saturated heterocycles. The number of hydrogen-bond donors (Lipinski definition) is 2. The lowest BCUT2D eigenvalue weighted by atomic mass is 9.99. The summed E-state index contributed by atoms with van der Waals surface area (Å²) in [6.07, 6.45) is 2.15. The summed E-state index contributed by atoms with van der Waals surface area (Å²) < 4.78 is 0. The van der Waals surface area contributed by atoms with Gasteiger partial charge >= 0.3 is 0 Å². The summed E-state index contributed by atoms with van der Waals surface area (Å²) in [5.74, 6) is 0.393. The monoisotopic (exact) mass is 199 g/mol. The van der Waals surface area contributed by atoms with Crippen LogP contribution in [0.3, 0.4) is 0 Å². The molecular formula is C10H21N3O. The zero-order chi connectivity index (χ0) is 10.4. The van der Waals surface area contributed by atoms with Crippen molar-refractivity contribution in [1.82, 2.24) is 15.5 Å². The van der Waals surface area contributed by atoms with E-state index in [1.165, 1.54) is 0 Å². The van der Waals surface area contributed by atoms with Crippen molar-refractivity contribution in [3.8, 4) is 0 Å². The number of piperidine rings is 1. The maximum atomic E-state index is 11.6. The fourth-order valence-corrected chi connectivity index (χ4v) is 1.62. The van der Waals surface area contributed by atoms with Crippen LogP contribution in [0.4, 0.5) is 0 Å². The summed E-state index contributed by atoms with van der Waals surface area (Å²) in [4.78, 5) is 13.7. The van der Waals surface area contributed by atoms with Crippen molar-refractivity contribution in [2.24, 2.45) is 5.92 Å². The normalized spacial score (nSPS) is 22.4. The van der Waals surface area contributed by atoms with Crippen LogP contribution in [-0.2, 0) is 4.79 Å². The maximum absolute atomic E-state index is 11.6. The molecule has 2 N–H and O–H groups in total. The second-order valence-corrected chi connectivity index (χ2v) is 4.14. The third-order valence-electron chi connectivity index (χ3n) is 2.53. The lowest BCUT2D eigenvalue weighted by molar-refractivity contribution is -0.125. The zero-order valence-corrected chi connectivity index (χ0v) is 9.18. The Balaban J connectivity index is 2.13. The lowest BCUT2D eigenvalue weighted by Gasteiger charge is -2.22. The van der Waals surface area contributed by atoms with Crippen molar-refractivity contribution < 1.29 is 4.79 Å². The Hall–Kier alpha value is -0.610. The minimum atomic E-state index is 0.186. The van der Waals surface area contributed by atoms with E-state index in [1.54, 1.807) is 0 Å². The third-order valence-corrected chi connectivity index (χ3v) is 2.53. The highest BCUT2D eigenvalue weighted by Crippen LogP contribution is 2.09. The number of hydrogen-bond acceptors (Lipinski definition) is 3. The molecule has 14 heavy (non-hydrogen) atoms. The van der Waals surface area contributed by atoms with Gasteiger partial charge in [-0.2, -0.15) is 0 Å². The van der Waals surface area contributed by atoms with Gasteiger partial charge in [-0.05, 0) is 33.5 Å². The first-order valence-corrected chi connectivity index (χ1v) is 5.33. The van der Waals surface area contributed by atoms with Crippen molar-refractivity contribution in [2.75, 3.05) is 40.3 Å². The Labute approximate surface area is 86.0 Å². The first-order valence-electron chi connectivity index (χ1n) is 5.33. The van der Waals surface area contributed by atoms with Gasteiger partial charge in [-0.25, -0.2) is 0 Å². The van der Waals surface area contributed by atoms with Gasteiger partial charge in [0, 0.05) is 19.6 Å². The van der Waals surface area contributed by atoms with Crippen LogP contribution < -0.4 is 10.6 Å². The Bertz CT molecular complexity index is 176. The highest BCUT2D eigenvalue weighted by molar-refractivity contribution is 5.78. The molecule has 0 bridgehead atoms. The molecule has 0 saturated carbocycles. The molecule has 82 valence electrons. The number of amides is 1. The first-order chi connectivity index (χ1) is 6.70. The second kappa shape index (κ2) is 5.98. The van der Waals surface area contributed by atoms with Crippen molar-refractivity contribution >= 4 is 5.91 Å². The molecule has 1 aliphatic heterocycles. The van der Waals surface area contributed by atoms with Crippen LogP contribution in [-0.4, -0.2) is 51.1 Å². The lowest BCUT2D eigenvalue weighted by Crippen LogP contribution is -2.42. The van der Waals surface area contributed by atoms with Crippen LogP contribution in [0.5, 0.6) is 0 Å². The Kier molecular flexibility index (Phi) is 4.90. The molecule has 1 heterocycles. The highest BCUT2D eigenvalue weighted by Gasteiger charge is 2.19. The minimum Gasteiger partial charge on any atom is -0.355 e. The van der Waals surface area contributed by atoms with Gasteiger partial charge in [-0.3, -0.25) is 4.79 Å². The molecule has 1 atom stereocenters. The van der Waals surface area contributed by atoms with Crippen LogP contribution in [0.15, 0.2) is 0 Å². The van der Waals surface area contributed by atoms with Gasteiger partial charge in [0.15, 0.2) is 0 Å². The van der Waals surface area contributed by atoms with Gasteiger partial charge in [0.05, 0.1) is 5.92 Å². The van der Waals surface area contributed by atoms with Crippen LogP contribution in [0.1, 0.15) is 12.8 Å². The summed E-state index contributed by atoms with van der Waals surface area (Å²) in [5.41, 5.74) is 0. The van der Waals surface area contributed by atoms with Gasteiger partial charge in [0.25, 0.3) is 0 Å². The first kappa shape index (κ1) is 11.5. The average Bonchev–Trinajstić information content (AvgIpc) is 2.18. The Morgan fingerprint density at radius 1 is 1.57 bits per heavy atom. The topological polar surface area (TPSA) is 44.4 Å². The highest BCUT2D eigenvalue weighted by atomic mass is 16.1. The number of nitrogens with zero attached hydrogens (tertiary/aromatic N) is 1. The summed E-state index contributed by atoms with van der Waals surface area (Å²) in [5, 5.41) is 6.21. The molecule has 1 rings (SSSR count). The Morgan fingerprint density at radius 2 is 2.36 bits per heavy atom. The van der Waals surface area contributed by atoms with Crippen molar-refractivity contribution in [1.29, 1.82) is 0 Å². The predicted octanol–water partition coefficient (Wildman–Crippen LogP) is -0.336. The number of rotatable bonds is 4. The van der Waals surface area contributed by atoms with Crippen LogP contribution in [0.25, 0.3) is 0 Å². The maximum Gasteiger partial charge on any atom is 0.224 e. The quantitative estimate of drug-likeness (QED) is 0.651. The van der Waals surface area contributed by atoms with Crippen molar-refractivity contribution in [3.05, 3.63) is 0 Å². The molecule has 1 amide bonds. The van der Waals surface area contributed by atoms with E-state index in [0.29, 0.717) is 0 Å². The van der Waals surface area contributed by atoms with E-state index in [9.17, 15) is 4.79 Å². The largest absolute Gasteiger partial charge is 0.355 e. The van der Waals surface area contributed by atoms with Crippen molar-refractivity contribution in [2.45, 2.75) is 12.8 Å². The van der Waals surface area contributed by atoms with Crippen molar-refractivity contribution in [3.63, 3.8) is 0 Å². The van der Waals surface area contributed by atoms with Gasteiger partial charge in [-0.15, -0.1) is 0 Å². The van der Waals surface area contributed by atoms with E-state index in [0.717, 1.165) is 39.0 Å². The van der Waals surface area contributed by atoms with Crippen LogP contribution in [0.2, 0.25) is 0 Å². The molecule has 4 nitrogen and oxygen atoms in total. The minimum absolute atomic E-state index is 0.186. The van der Waals surface area contributed by atoms with E-state index < -0.39 is 0 Å². The standard InChI is InChI=1S/C10H21N3O/c1-13(2)7-6-12-10(14)9-4-3-5-11-8-9/h9,11H,3-8H2,1-2H3,(H,12,14). The predicted molar refractivity (Wildman–Crippen MR) is 57.2 cm³/mol. The number of carbonyl (C=O) groups is 1. The molecule has 1 unspecified atom stereocenters. The molecule has 0 aromatic rings. The van der Waals surface area contributed by atoms with Crippen LogP contribution in [0, 0.1) is 5.92 Å². The smallest absolute Gasteiger partial charge is 0.224 e. The Morgan fingerprint density at radius 3 is 2.93 bits per heavy atom. The van der Waals surface area contributed by atoms with Crippen LogP contribution >= 0.6 is 0 Å². The van der Waals surface area contributed by atoms with Gasteiger partial charge in [0.2, 0.25) is 5.91 Å². The fraction of sp³-hybridized carbons (Fsp3) is 0.900. The van der Waals surface area contributed by atoms with Gasteiger partial charge in [-0.1, -0.05) is 0 Å². The SMILES string of the molecule is CN(C)CCNC(=O)C1CCCNC1. The van der Waals surface area contributed by atoms with Gasteiger partial charge < -0.3 is 15.5 Å². The van der Waals surface area contributed by atoms with E-state index in [2.05, 4.69) is 15.5 Å². The fourth-order valence-electron chi connectivity index (χ4n) is 1.62. The molecule has 0 radical (unpaired) electrons. The van der Waals surface area contributed by atoms with E-state index in [-0.39, 0.29) is 11.8 Å².